The summed E-state index contributed by atoms with van der Waals surface area (Å²) in [4.78, 5) is 22.3. The summed E-state index contributed by atoms with van der Waals surface area (Å²) in [7, 11) is -2.19. The zero-order valence-corrected chi connectivity index (χ0v) is 23.8. The van der Waals surface area contributed by atoms with Crippen molar-refractivity contribution in [1.82, 2.24) is 15.2 Å². The molecule has 0 saturated carbocycles. The maximum Gasteiger partial charge on any atom is 0.264 e. The predicted octanol–water partition coefficient (Wildman–Crippen LogP) is 4.24. The summed E-state index contributed by atoms with van der Waals surface area (Å²) in [5.41, 5.74) is 3.40. The van der Waals surface area contributed by atoms with Crippen LogP contribution in [0, 0.1) is 0 Å². The zero-order chi connectivity index (χ0) is 27.4. The van der Waals surface area contributed by atoms with E-state index in [1.54, 1.807) is 47.7 Å². The lowest BCUT2D eigenvalue weighted by atomic mass is 10.2. The number of para-hydroxylation sites is 1. The first-order valence-corrected chi connectivity index (χ1v) is 15.4. The Kier molecular flexibility index (Phi) is 8.15. The molecule has 0 radical (unpaired) electrons. The summed E-state index contributed by atoms with van der Waals surface area (Å²) >= 11 is 1.76. The van der Waals surface area contributed by atoms with Crippen LogP contribution in [-0.2, 0) is 16.4 Å². The predicted molar refractivity (Wildman–Crippen MR) is 158 cm³/mol. The first-order chi connectivity index (χ1) is 18.8. The fraction of sp³-hybridized carbons (Fsp3) is 0.310. The van der Waals surface area contributed by atoms with Gasteiger partial charge in [-0.3, -0.25) is 14.0 Å². The molecular formula is C29H33N5O3S2. The minimum Gasteiger partial charge on any atom is -0.351 e. The number of hydrogen-bond donors (Lipinski definition) is 1. The molecule has 3 aromatic carbocycles. The zero-order valence-electron chi connectivity index (χ0n) is 22.2. The van der Waals surface area contributed by atoms with Gasteiger partial charge in [-0.25, -0.2) is 13.4 Å². The quantitative estimate of drug-likeness (QED) is 0.328. The molecule has 0 atom stereocenters. The number of aromatic nitrogens is 1. The lowest BCUT2D eigenvalue weighted by Gasteiger charge is -2.34. The number of rotatable bonds is 9. The van der Waals surface area contributed by atoms with Crippen molar-refractivity contribution in [2.45, 2.75) is 18.2 Å². The highest BCUT2D eigenvalue weighted by molar-refractivity contribution is 7.92. The number of aryl methyl sites for hydroxylation is 1. The van der Waals surface area contributed by atoms with Gasteiger partial charge in [-0.1, -0.05) is 42.5 Å². The van der Waals surface area contributed by atoms with E-state index in [0.717, 1.165) is 49.8 Å². The third-order valence-electron chi connectivity index (χ3n) is 7.10. The number of hydrogen-bond acceptors (Lipinski definition) is 7. The molecule has 1 saturated heterocycles. The molecule has 1 fully saturated rings. The van der Waals surface area contributed by atoms with Crippen LogP contribution in [0.1, 0.15) is 22.8 Å². The van der Waals surface area contributed by atoms with Gasteiger partial charge >= 0.3 is 0 Å². The molecule has 0 aliphatic carbocycles. The van der Waals surface area contributed by atoms with Crippen LogP contribution in [0.25, 0.3) is 10.2 Å². The van der Waals surface area contributed by atoms with Crippen molar-refractivity contribution < 1.29 is 13.2 Å². The number of thiazole rings is 1. The second-order valence-corrected chi connectivity index (χ2v) is 12.5. The molecule has 1 amide bonds. The Morgan fingerprint density at radius 1 is 1.00 bits per heavy atom. The van der Waals surface area contributed by atoms with Crippen LogP contribution in [0.3, 0.4) is 0 Å². The van der Waals surface area contributed by atoms with Gasteiger partial charge in [0.25, 0.3) is 15.9 Å². The van der Waals surface area contributed by atoms with Crippen molar-refractivity contribution in [2.75, 3.05) is 55.5 Å². The van der Waals surface area contributed by atoms with Gasteiger partial charge in [-0.15, -0.1) is 0 Å². The Hall–Kier alpha value is -3.47. The van der Waals surface area contributed by atoms with Gasteiger partial charge in [0.2, 0.25) is 0 Å². The second kappa shape index (κ2) is 11.7. The van der Waals surface area contributed by atoms with Gasteiger partial charge in [-0.2, -0.15) is 0 Å². The highest BCUT2D eigenvalue weighted by atomic mass is 32.2. The van der Waals surface area contributed by atoms with E-state index in [9.17, 15) is 13.2 Å². The smallest absolute Gasteiger partial charge is 0.264 e. The summed E-state index contributed by atoms with van der Waals surface area (Å²) in [6, 6.07) is 21.5. The Bertz CT molecular complexity index is 1530. The van der Waals surface area contributed by atoms with Crippen molar-refractivity contribution in [3.05, 3.63) is 83.9 Å². The largest absolute Gasteiger partial charge is 0.351 e. The van der Waals surface area contributed by atoms with Crippen LogP contribution >= 0.6 is 11.3 Å². The number of nitrogens with zero attached hydrogens (tertiary/aromatic N) is 4. The van der Waals surface area contributed by atoms with E-state index in [1.807, 2.05) is 6.07 Å². The molecule has 4 aromatic rings. The van der Waals surface area contributed by atoms with Crippen LogP contribution in [0.5, 0.6) is 0 Å². The third-order valence-corrected chi connectivity index (χ3v) is 9.98. The number of carbonyl (C=O) groups is 1. The number of benzene rings is 3. The Morgan fingerprint density at radius 3 is 2.41 bits per heavy atom. The molecule has 10 heteroatoms. The molecule has 5 rings (SSSR count). The van der Waals surface area contributed by atoms with Crippen molar-refractivity contribution in [2.24, 2.45) is 0 Å². The molecule has 1 N–H and O–H groups in total. The number of anilines is 2. The SMILES string of the molecule is CCc1ccc2nc(N3CCN(CCNC(=O)c4ccc(S(=O)(=O)N(C)c5ccccc5)cc4)CC3)sc2c1. The Balaban J connectivity index is 1.09. The minimum atomic E-state index is -3.71. The molecule has 204 valence electrons. The molecule has 39 heavy (non-hydrogen) atoms. The number of nitrogens with one attached hydrogen (secondary N) is 1. The second-order valence-electron chi connectivity index (χ2n) is 9.57. The first-order valence-electron chi connectivity index (χ1n) is 13.1. The lowest BCUT2D eigenvalue weighted by Crippen LogP contribution is -2.48. The first kappa shape index (κ1) is 27.1. The summed E-state index contributed by atoms with van der Waals surface area (Å²) in [5.74, 6) is -0.213. The van der Waals surface area contributed by atoms with E-state index in [0.29, 0.717) is 17.8 Å². The summed E-state index contributed by atoms with van der Waals surface area (Å²) in [6.45, 7) is 7.08. The van der Waals surface area contributed by atoms with Gasteiger partial charge in [-0.05, 0) is 60.5 Å². The molecule has 2 heterocycles. The number of carbonyl (C=O) groups excluding carboxylic acids is 1. The maximum absolute atomic E-state index is 13.0. The third kappa shape index (κ3) is 6.08. The van der Waals surface area contributed by atoms with Crippen LogP contribution in [-0.4, -0.2) is 70.5 Å². The summed E-state index contributed by atoms with van der Waals surface area (Å²) in [5, 5.41) is 4.04. The lowest BCUT2D eigenvalue weighted by molar-refractivity contribution is 0.0947. The topological polar surface area (TPSA) is 85.9 Å². The van der Waals surface area contributed by atoms with E-state index in [-0.39, 0.29) is 10.8 Å². The van der Waals surface area contributed by atoms with Crippen LogP contribution in [0.15, 0.2) is 77.7 Å². The van der Waals surface area contributed by atoms with Crippen molar-refractivity contribution >= 4 is 48.3 Å². The van der Waals surface area contributed by atoms with Crippen LogP contribution < -0.4 is 14.5 Å². The number of sulfonamides is 1. The Labute approximate surface area is 233 Å². The minimum absolute atomic E-state index is 0.141. The van der Waals surface area contributed by atoms with Crippen molar-refractivity contribution in [1.29, 1.82) is 0 Å². The average molecular weight is 564 g/mol. The van der Waals surface area contributed by atoms with E-state index < -0.39 is 10.0 Å². The fourth-order valence-electron chi connectivity index (χ4n) is 4.62. The number of piperazine rings is 1. The molecular weight excluding hydrogens is 530 g/mol. The molecule has 0 spiro atoms. The summed E-state index contributed by atoms with van der Waals surface area (Å²) in [6.07, 6.45) is 1.03. The number of fused-ring (bicyclic) bond motifs is 1. The van der Waals surface area contributed by atoms with Gasteiger partial charge in [0, 0.05) is 51.9 Å². The normalized spacial score (nSPS) is 14.5. The molecule has 1 aliphatic rings. The molecule has 8 nitrogen and oxygen atoms in total. The molecule has 1 aromatic heterocycles. The van der Waals surface area contributed by atoms with Crippen molar-refractivity contribution in [3.63, 3.8) is 0 Å². The van der Waals surface area contributed by atoms with Crippen LogP contribution in [0.4, 0.5) is 10.8 Å². The maximum atomic E-state index is 13.0. The van der Waals surface area contributed by atoms with E-state index in [2.05, 4.69) is 40.2 Å². The standard InChI is InChI=1S/C29H33N5O3S2/c1-3-22-9-14-26-27(21-22)38-29(31-26)34-19-17-33(18-20-34)16-15-30-28(35)23-10-12-25(13-11-23)39(36,37)32(2)24-7-5-4-6-8-24/h4-14,21H,3,15-20H2,1-2H3,(H,30,35). The van der Waals surface area contributed by atoms with E-state index in [1.165, 1.54) is 33.7 Å². The van der Waals surface area contributed by atoms with Gasteiger partial charge in [0.05, 0.1) is 20.8 Å². The summed E-state index contributed by atoms with van der Waals surface area (Å²) < 4.78 is 28.4. The van der Waals surface area contributed by atoms with E-state index in [4.69, 9.17) is 4.98 Å². The van der Waals surface area contributed by atoms with Crippen molar-refractivity contribution in [3.8, 4) is 0 Å². The molecule has 0 bridgehead atoms. The van der Waals surface area contributed by atoms with Gasteiger partial charge in [0.1, 0.15) is 0 Å². The van der Waals surface area contributed by atoms with E-state index >= 15 is 0 Å². The molecule has 0 unspecified atom stereocenters. The fourth-order valence-corrected chi connectivity index (χ4v) is 6.89. The molecule has 1 aliphatic heterocycles. The highest BCUT2D eigenvalue weighted by Crippen LogP contribution is 2.30. The van der Waals surface area contributed by atoms with Gasteiger partial charge < -0.3 is 10.2 Å². The van der Waals surface area contributed by atoms with Crippen LogP contribution in [0.2, 0.25) is 0 Å². The monoisotopic (exact) mass is 563 g/mol. The Morgan fingerprint density at radius 2 is 1.72 bits per heavy atom. The van der Waals surface area contributed by atoms with Gasteiger partial charge in [0.15, 0.2) is 5.13 Å². The highest BCUT2D eigenvalue weighted by Gasteiger charge is 2.22. The average Bonchev–Trinajstić information content (AvgIpc) is 3.41. The number of amides is 1.